The van der Waals surface area contributed by atoms with Gasteiger partial charge in [0.05, 0.1) is 12.0 Å². The van der Waals surface area contributed by atoms with Crippen molar-refractivity contribution in [2.75, 3.05) is 19.8 Å². The van der Waals surface area contributed by atoms with Gasteiger partial charge in [0, 0.05) is 44.5 Å². The van der Waals surface area contributed by atoms with Gasteiger partial charge in [0.1, 0.15) is 0 Å². The fourth-order valence-electron chi connectivity index (χ4n) is 3.19. The molecule has 122 valence electrons. The second-order valence-electron chi connectivity index (χ2n) is 6.06. The summed E-state index contributed by atoms with van der Waals surface area (Å²) in [6.45, 7) is 2.08. The number of carbonyl (C=O) groups is 1. The third-order valence-electron chi connectivity index (χ3n) is 4.55. The number of pyridine rings is 1. The van der Waals surface area contributed by atoms with Gasteiger partial charge in [0.2, 0.25) is 5.91 Å². The first-order valence-electron chi connectivity index (χ1n) is 8.15. The highest BCUT2D eigenvalue weighted by molar-refractivity contribution is 5.77. The van der Waals surface area contributed by atoms with Crippen LogP contribution in [0.4, 0.5) is 0 Å². The summed E-state index contributed by atoms with van der Waals surface area (Å²) >= 11 is 0. The Hall–Kier alpha value is -2.14. The number of nitrogens with one attached hydrogen (secondary N) is 1. The molecule has 0 bridgehead atoms. The summed E-state index contributed by atoms with van der Waals surface area (Å²) in [4.78, 5) is 16.4. The molecule has 0 radical (unpaired) electrons. The molecule has 0 aliphatic carbocycles. The monoisotopic (exact) mass is 313 g/mol. The number of ether oxygens (including phenoxy) is 1. The zero-order valence-corrected chi connectivity index (χ0v) is 13.3. The molecule has 0 saturated carbocycles. The Morgan fingerprint density at radius 3 is 2.61 bits per heavy atom. The van der Waals surface area contributed by atoms with Crippen molar-refractivity contribution >= 4 is 5.91 Å². The fourth-order valence-corrected chi connectivity index (χ4v) is 3.19. The van der Waals surface area contributed by atoms with E-state index in [0.29, 0.717) is 26.2 Å². The lowest BCUT2D eigenvalue weighted by Gasteiger charge is -2.38. The Kier molecular flexibility index (Phi) is 5.08. The van der Waals surface area contributed by atoms with Crippen molar-refractivity contribution in [3.63, 3.8) is 0 Å². The predicted molar refractivity (Wildman–Crippen MR) is 88.0 cm³/mol. The van der Waals surface area contributed by atoms with Crippen LogP contribution in [0.15, 0.2) is 49.1 Å². The van der Waals surface area contributed by atoms with Gasteiger partial charge in [-0.3, -0.25) is 9.78 Å². The van der Waals surface area contributed by atoms with E-state index in [1.165, 1.54) is 5.56 Å². The lowest BCUT2D eigenvalue weighted by Crippen LogP contribution is -2.43. The van der Waals surface area contributed by atoms with E-state index in [4.69, 9.17) is 4.74 Å². The minimum Gasteiger partial charge on any atom is -0.381 e. The predicted octanol–water partition coefficient (Wildman–Crippen LogP) is 2.14. The number of carbonyl (C=O) groups excluding carboxylic acids is 1. The van der Waals surface area contributed by atoms with E-state index >= 15 is 0 Å². The number of hydrogen-bond acceptors (Lipinski definition) is 3. The molecule has 1 saturated heterocycles. The lowest BCUT2D eigenvalue weighted by atomic mass is 9.86. The van der Waals surface area contributed by atoms with Gasteiger partial charge in [-0.05, 0) is 49.1 Å². The third-order valence-corrected chi connectivity index (χ3v) is 4.55. The van der Waals surface area contributed by atoms with E-state index in [2.05, 4.69) is 27.3 Å². The molecule has 1 aliphatic heterocycles. The quantitative estimate of drug-likeness (QED) is 0.889. The van der Waals surface area contributed by atoms with Gasteiger partial charge in [-0.25, -0.2) is 0 Å². The first-order chi connectivity index (χ1) is 11.3. The van der Waals surface area contributed by atoms with Gasteiger partial charge in [-0.2, -0.15) is 0 Å². The Labute approximate surface area is 136 Å². The van der Waals surface area contributed by atoms with Crippen LogP contribution in [0.5, 0.6) is 0 Å². The van der Waals surface area contributed by atoms with Crippen LogP contribution in [0, 0.1) is 0 Å². The van der Waals surface area contributed by atoms with Gasteiger partial charge in [-0.15, -0.1) is 0 Å². The van der Waals surface area contributed by atoms with Gasteiger partial charge in [-0.1, -0.05) is 0 Å². The van der Waals surface area contributed by atoms with Gasteiger partial charge in [0.25, 0.3) is 0 Å². The SMILES string of the molecule is O=C(CC1(n2cccc2)CCOCC1)NCCc1ccncc1. The molecule has 0 spiro atoms. The minimum atomic E-state index is -0.150. The molecule has 5 heteroatoms. The summed E-state index contributed by atoms with van der Waals surface area (Å²) in [5.41, 5.74) is 1.04. The van der Waals surface area contributed by atoms with Crippen molar-refractivity contribution in [1.82, 2.24) is 14.9 Å². The molecule has 0 aromatic carbocycles. The van der Waals surface area contributed by atoms with E-state index in [1.54, 1.807) is 12.4 Å². The first kappa shape index (κ1) is 15.7. The number of nitrogens with zero attached hydrogens (tertiary/aromatic N) is 2. The molecule has 1 N–H and O–H groups in total. The number of hydrogen-bond donors (Lipinski definition) is 1. The molecule has 0 unspecified atom stereocenters. The molecule has 1 aliphatic rings. The normalized spacial score (nSPS) is 16.9. The Balaban J connectivity index is 1.56. The second kappa shape index (κ2) is 7.42. The van der Waals surface area contributed by atoms with E-state index < -0.39 is 0 Å². The molecule has 2 aromatic heterocycles. The van der Waals surface area contributed by atoms with Crippen molar-refractivity contribution in [2.24, 2.45) is 0 Å². The molecular weight excluding hydrogens is 290 g/mol. The molecule has 5 nitrogen and oxygen atoms in total. The zero-order chi connectivity index (χ0) is 16.0. The van der Waals surface area contributed by atoms with Crippen molar-refractivity contribution in [2.45, 2.75) is 31.2 Å². The minimum absolute atomic E-state index is 0.106. The molecule has 3 heterocycles. The zero-order valence-electron chi connectivity index (χ0n) is 13.3. The maximum Gasteiger partial charge on any atom is 0.222 e. The molecule has 3 rings (SSSR count). The Bertz CT molecular complexity index is 604. The van der Waals surface area contributed by atoms with Crippen LogP contribution >= 0.6 is 0 Å². The third kappa shape index (κ3) is 3.99. The molecular formula is C18H23N3O2. The smallest absolute Gasteiger partial charge is 0.222 e. The summed E-state index contributed by atoms with van der Waals surface area (Å²) in [6, 6.07) is 7.98. The van der Waals surface area contributed by atoms with Gasteiger partial charge in [0.15, 0.2) is 0 Å². The average Bonchev–Trinajstić information content (AvgIpc) is 3.12. The number of aromatic nitrogens is 2. The van der Waals surface area contributed by atoms with E-state index in [1.807, 2.05) is 24.3 Å². The molecule has 1 amide bonds. The maximum absolute atomic E-state index is 12.4. The summed E-state index contributed by atoms with van der Waals surface area (Å²) in [5.74, 6) is 0.106. The highest BCUT2D eigenvalue weighted by Gasteiger charge is 2.35. The second-order valence-corrected chi connectivity index (χ2v) is 6.06. The topological polar surface area (TPSA) is 56.1 Å². The summed E-state index contributed by atoms with van der Waals surface area (Å²) in [5, 5.41) is 3.05. The van der Waals surface area contributed by atoms with E-state index in [-0.39, 0.29) is 11.4 Å². The van der Waals surface area contributed by atoms with Crippen molar-refractivity contribution in [3.05, 3.63) is 54.6 Å². The number of rotatable bonds is 6. The van der Waals surface area contributed by atoms with Crippen LogP contribution in [0.2, 0.25) is 0 Å². The standard InChI is InChI=1S/C18H23N3O2/c22-17(20-10-5-16-3-8-19-9-4-16)15-18(6-13-23-14-7-18)21-11-1-2-12-21/h1-4,8-9,11-12H,5-7,10,13-15H2,(H,20,22). The molecule has 0 atom stereocenters. The van der Waals surface area contributed by atoms with Crippen LogP contribution < -0.4 is 5.32 Å². The average molecular weight is 313 g/mol. The Morgan fingerprint density at radius 1 is 1.22 bits per heavy atom. The summed E-state index contributed by atoms with van der Waals surface area (Å²) < 4.78 is 7.67. The first-order valence-corrected chi connectivity index (χ1v) is 8.15. The number of amides is 1. The summed E-state index contributed by atoms with van der Waals surface area (Å²) in [6.07, 6.45) is 10.7. The van der Waals surface area contributed by atoms with Crippen molar-refractivity contribution < 1.29 is 9.53 Å². The van der Waals surface area contributed by atoms with Crippen LogP contribution in [0.1, 0.15) is 24.8 Å². The largest absolute Gasteiger partial charge is 0.381 e. The van der Waals surface area contributed by atoms with Gasteiger partial charge >= 0.3 is 0 Å². The van der Waals surface area contributed by atoms with Crippen molar-refractivity contribution in [3.8, 4) is 0 Å². The summed E-state index contributed by atoms with van der Waals surface area (Å²) in [7, 11) is 0. The van der Waals surface area contributed by atoms with E-state index in [9.17, 15) is 4.79 Å². The van der Waals surface area contributed by atoms with Crippen LogP contribution in [0.25, 0.3) is 0 Å². The van der Waals surface area contributed by atoms with Crippen LogP contribution in [0.3, 0.4) is 0 Å². The highest BCUT2D eigenvalue weighted by Crippen LogP contribution is 2.32. The Morgan fingerprint density at radius 2 is 1.91 bits per heavy atom. The fraction of sp³-hybridized carbons (Fsp3) is 0.444. The van der Waals surface area contributed by atoms with Crippen LogP contribution in [-0.4, -0.2) is 35.2 Å². The van der Waals surface area contributed by atoms with E-state index in [0.717, 1.165) is 19.3 Å². The molecule has 1 fully saturated rings. The van der Waals surface area contributed by atoms with Crippen molar-refractivity contribution in [1.29, 1.82) is 0 Å². The molecule has 2 aromatic rings. The highest BCUT2D eigenvalue weighted by atomic mass is 16.5. The lowest BCUT2D eigenvalue weighted by molar-refractivity contribution is -0.124. The van der Waals surface area contributed by atoms with Crippen LogP contribution in [-0.2, 0) is 21.5 Å². The van der Waals surface area contributed by atoms with Gasteiger partial charge < -0.3 is 14.6 Å². The maximum atomic E-state index is 12.4. The molecule has 23 heavy (non-hydrogen) atoms.